The van der Waals surface area contributed by atoms with E-state index in [1.807, 2.05) is 24.3 Å². The van der Waals surface area contributed by atoms with E-state index in [9.17, 15) is 4.79 Å². The SMILES string of the molecule is CCNC(=NCCc1nc2ccccc2[nH]1)NC1CCN(C(=O)C2CCCCC2)C1. The Balaban J connectivity index is 1.29. The number of carbonyl (C=O) groups is 1. The molecular formula is C23H34N6O. The lowest BCUT2D eigenvalue weighted by Crippen LogP contribution is -2.45. The topological polar surface area (TPSA) is 85.4 Å². The molecule has 1 aromatic heterocycles. The number of carbonyl (C=O) groups excluding carboxylic acids is 1. The number of amides is 1. The van der Waals surface area contributed by atoms with E-state index in [0.717, 1.165) is 68.1 Å². The number of hydrogen-bond acceptors (Lipinski definition) is 3. The first-order valence-corrected chi connectivity index (χ1v) is 11.5. The maximum atomic E-state index is 12.8. The van der Waals surface area contributed by atoms with Gasteiger partial charge in [-0.2, -0.15) is 0 Å². The minimum atomic E-state index is 0.253. The summed E-state index contributed by atoms with van der Waals surface area (Å²) in [6.07, 6.45) is 7.57. The maximum Gasteiger partial charge on any atom is 0.225 e. The molecule has 2 aliphatic rings. The molecule has 2 aromatic rings. The van der Waals surface area contributed by atoms with Crippen molar-refractivity contribution in [3.63, 3.8) is 0 Å². The summed E-state index contributed by atoms with van der Waals surface area (Å²) >= 11 is 0. The standard InChI is InChI=1S/C23H34N6O/c1-2-24-23(25-14-12-21-27-19-10-6-7-11-20(19)28-21)26-18-13-15-29(16-18)22(30)17-8-4-3-5-9-17/h6-7,10-11,17-18H,2-5,8-9,12-16H2,1H3,(H,27,28)(H2,24,25,26). The van der Waals surface area contributed by atoms with Crippen LogP contribution in [-0.2, 0) is 11.2 Å². The van der Waals surface area contributed by atoms with Crippen LogP contribution < -0.4 is 10.6 Å². The summed E-state index contributed by atoms with van der Waals surface area (Å²) in [6, 6.07) is 8.34. The molecular weight excluding hydrogens is 376 g/mol. The molecule has 1 saturated heterocycles. The van der Waals surface area contributed by atoms with E-state index < -0.39 is 0 Å². The Morgan fingerprint density at radius 1 is 1.23 bits per heavy atom. The Morgan fingerprint density at radius 3 is 2.87 bits per heavy atom. The highest BCUT2D eigenvalue weighted by Crippen LogP contribution is 2.26. The number of aliphatic imine (C=N–C) groups is 1. The van der Waals surface area contributed by atoms with Gasteiger partial charge in [-0.1, -0.05) is 31.4 Å². The fraction of sp³-hybridized carbons (Fsp3) is 0.609. The molecule has 2 heterocycles. The molecule has 1 atom stereocenters. The van der Waals surface area contributed by atoms with Crippen molar-refractivity contribution in [3.05, 3.63) is 30.1 Å². The fourth-order valence-electron chi connectivity index (χ4n) is 4.60. The number of H-pyrrole nitrogens is 1. The first-order valence-electron chi connectivity index (χ1n) is 11.5. The van der Waals surface area contributed by atoms with E-state index in [0.29, 0.717) is 12.5 Å². The summed E-state index contributed by atoms with van der Waals surface area (Å²) in [7, 11) is 0. The fourth-order valence-corrected chi connectivity index (χ4v) is 4.60. The second-order valence-corrected chi connectivity index (χ2v) is 8.46. The van der Waals surface area contributed by atoms with E-state index in [-0.39, 0.29) is 12.0 Å². The van der Waals surface area contributed by atoms with Gasteiger partial charge in [0.15, 0.2) is 5.96 Å². The van der Waals surface area contributed by atoms with Crippen molar-refractivity contribution in [2.24, 2.45) is 10.9 Å². The van der Waals surface area contributed by atoms with E-state index in [4.69, 9.17) is 4.99 Å². The van der Waals surface area contributed by atoms with Crippen LogP contribution >= 0.6 is 0 Å². The molecule has 1 aromatic carbocycles. The number of aromatic nitrogens is 2. The predicted octanol–water partition coefficient (Wildman–Crippen LogP) is 2.84. The van der Waals surface area contributed by atoms with E-state index >= 15 is 0 Å². The lowest BCUT2D eigenvalue weighted by molar-refractivity contribution is -0.135. The van der Waals surface area contributed by atoms with Gasteiger partial charge in [-0.3, -0.25) is 9.79 Å². The van der Waals surface area contributed by atoms with Gasteiger partial charge in [0.25, 0.3) is 0 Å². The van der Waals surface area contributed by atoms with Gasteiger partial charge < -0.3 is 20.5 Å². The van der Waals surface area contributed by atoms with Gasteiger partial charge >= 0.3 is 0 Å². The van der Waals surface area contributed by atoms with Crippen molar-refractivity contribution in [1.29, 1.82) is 0 Å². The molecule has 0 spiro atoms. The lowest BCUT2D eigenvalue weighted by Gasteiger charge is -2.26. The number of benzene rings is 1. The molecule has 0 radical (unpaired) electrons. The van der Waals surface area contributed by atoms with Crippen molar-refractivity contribution >= 4 is 22.9 Å². The third kappa shape index (κ3) is 5.12. The van der Waals surface area contributed by atoms with Crippen molar-refractivity contribution in [2.75, 3.05) is 26.2 Å². The second kappa shape index (κ2) is 9.96. The summed E-state index contributed by atoms with van der Waals surface area (Å²) in [5.74, 6) is 2.40. The average molecular weight is 411 g/mol. The summed E-state index contributed by atoms with van der Waals surface area (Å²) in [6.45, 7) is 5.18. The number of para-hydroxylation sites is 2. The Labute approximate surface area is 178 Å². The van der Waals surface area contributed by atoms with Crippen LogP contribution in [0.2, 0.25) is 0 Å². The highest BCUT2D eigenvalue weighted by atomic mass is 16.2. The Hall–Kier alpha value is -2.57. The van der Waals surface area contributed by atoms with Crippen LogP contribution in [-0.4, -0.2) is 59.0 Å². The number of imidazole rings is 1. The number of fused-ring (bicyclic) bond motifs is 1. The zero-order chi connectivity index (χ0) is 20.8. The number of aromatic amines is 1. The van der Waals surface area contributed by atoms with Gasteiger partial charge in [0, 0.05) is 44.6 Å². The minimum absolute atomic E-state index is 0.253. The number of rotatable bonds is 6. The van der Waals surface area contributed by atoms with Crippen LogP contribution in [0.5, 0.6) is 0 Å². The lowest BCUT2D eigenvalue weighted by atomic mass is 9.88. The zero-order valence-corrected chi connectivity index (χ0v) is 18.0. The van der Waals surface area contributed by atoms with Gasteiger partial charge in [0.1, 0.15) is 5.82 Å². The molecule has 7 nitrogen and oxygen atoms in total. The Morgan fingerprint density at radius 2 is 2.07 bits per heavy atom. The number of nitrogens with one attached hydrogen (secondary N) is 3. The molecule has 1 saturated carbocycles. The molecule has 4 rings (SSSR count). The van der Waals surface area contributed by atoms with E-state index in [2.05, 4.69) is 32.4 Å². The third-order valence-corrected chi connectivity index (χ3v) is 6.20. The maximum absolute atomic E-state index is 12.8. The minimum Gasteiger partial charge on any atom is -0.357 e. The second-order valence-electron chi connectivity index (χ2n) is 8.46. The van der Waals surface area contributed by atoms with Crippen molar-refractivity contribution in [3.8, 4) is 0 Å². The molecule has 1 aliphatic carbocycles. The summed E-state index contributed by atoms with van der Waals surface area (Å²) in [5.41, 5.74) is 2.06. The molecule has 0 bridgehead atoms. The number of likely N-dealkylation sites (tertiary alicyclic amines) is 1. The van der Waals surface area contributed by atoms with E-state index in [1.54, 1.807) is 0 Å². The van der Waals surface area contributed by atoms with Crippen LogP contribution in [0.1, 0.15) is 51.3 Å². The molecule has 1 amide bonds. The zero-order valence-electron chi connectivity index (χ0n) is 18.0. The summed E-state index contributed by atoms with van der Waals surface area (Å²) < 4.78 is 0. The average Bonchev–Trinajstić information content (AvgIpc) is 3.40. The number of hydrogen-bond donors (Lipinski definition) is 3. The molecule has 1 unspecified atom stereocenters. The highest BCUT2D eigenvalue weighted by molar-refractivity contribution is 5.81. The molecule has 162 valence electrons. The monoisotopic (exact) mass is 410 g/mol. The number of nitrogens with zero attached hydrogens (tertiary/aromatic N) is 3. The van der Waals surface area contributed by atoms with Gasteiger partial charge in [0.05, 0.1) is 11.0 Å². The summed E-state index contributed by atoms with van der Waals surface area (Å²) in [4.78, 5) is 27.6. The van der Waals surface area contributed by atoms with Crippen molar-refractivity contribution < 1.29 is 4.79 Å². The first kappa shape index (κ1) is 20.7. The van der Waals surface area contributed by atoms with E-state index in [1.165, 1.54) is 19.3 Å². The van der Waals surface area contributed by atoms with Crippen LogP contribution in [0.3, 0.4) is 0 Å². The molecule has 30 heavy (non-hydrogen) atoms. The highest BCUT2D eigenvalue weighted by Gasteiger charge is 2.31. The van der Waals surface area contributed by atoms with Crippen molar-refractivity contribution in [2.45, 2.75) is 57.9 Å². The van der Waals surface area contributed by atoms with Crippen LogP contribution in [0.25, 0.3) is 11.0 Å². The number of guanidine groups is 1. The Kier molecular flexibility index (Phi) is 6.87. The van der Waals surface area contributed by atoms with Gasteiger partial charge in [-0.05, 0) is 38.3 Å². The van der Waals surface area contributed by atoms with Crippen LogP contribution in [0.4, 0.5) is 0 Å². The van der Waals surface area contributed by atoms with Crippen LogP contribution in [0.15, 0.2) is 29.3 Å². The summed E-state index contributed by atoms with van der Waals surface area (Å²) in [5, 5.41) is 6.87. The van der Waals surface area contributed by atoms with Crippen LogP contribution in [0, 0.1) is 5.92 Å². The van der Waals surface area contributed by atoms with Gasteiger partial charge in [-0.25, -0.2) is 4.98 Å². The van der Waals surface area contributed by atoms with Gasteiger partial charge in [-0.15, -0.1) is 0 Å². The Bertz CT molecular complexity index is 836. The first-order chi connectivity index (χ1) is 14.7. The quantitative estimate of drug-likeness (QED) is 0.505. The largest absolute Gasteiger partial charge is 0.357 e. The third-order valence-electron chi connectivity index (χ3n) is 6.20. The molecule has 3 N–H and O–H groups in total. The normalized spacial score (nSPS) is 20.6. The molecule has 7 heteroatoms. The molecule has 2 fully saturated rings. The molecule has 1 aliphatic heterocycles. The predicted molar refractivity (Wildman–Crippen MR) is 120 cm³/mol. The smallest absolute Gasteiger partial charge is 0.225 e. The van der Waals surface area contributed by atoms with Crippen molar-refractivity contribution in [1.82, 2.24) is 25.5 Å². The van der Waals surface area contributed by atoms with Gasteiger partial charge in [0.2, 0.25) is 5.91 Å².